The number of thioether (sulfide) groups is 1. The average Bonchev–Trinajstić information content (AvgIpc) is 3.27. The lowest BCUT2D eigenvalue weighted by Gasteiger charge is -2.36. The molecule has 202 valence electrons. The Morgan fingerprint density at radius 3 is 2.33 bits per heavy atom. The van der Waals surface area contributed by atoms with E-state index in [2.05, 4.69) is 34.1 Å². The molecule has 1 atom stereocenters. The summed E-state index contributed by atoms with van der Waals surface area (Å²) < 4.78 is 2.02. The zero-order chi connectivity index (χ0) is 27.6. The van der Waals surface area contributed by atoms with Gasteiger partial charge in [-0.05, 0) is 36.3 Å². The maximum Gasteiger partial charge on any atom is 0.267 e. The van der Waals surface area contributed by atoms with Crippen molar-refractivity contribution in [2.24, 2.45) is 0 Å². The fourth-order valence-electron chi connectivity index (χ4n) is 5.24. The van der Waals surface area contributed by atoms with Crippen molar-refractivity contribution in [3.8, 4) is 0 Å². The number of anilines is 1. The minimum Gasteiger partial charge on any atom is -0.353 e. The second-order valence-corrected chi connectivity index (χ2v) is 11.6. The zero-order valence-corrected chi connectivity index (χ0v) is 23.8. The van der Waals surface area contributed by atoms with Gasteiger partial charge in [0.1, 0.15) is 15.8 Å². The summed E-state index contributed by atoms with van der Waals surface area (Å²) in [6.45, 7) is 6.01. The molecular formula is C31H29N5O2S2. The molecule has 2 aromatic heterocycles. The van der Waals surface area contributed by atoms with Crippen molar-refractivity contribution < 1.29 is 4.79 Å². The van der Waals surface area contributed by atoms with Crippen LogP contribution in [0.5, 0.6) is 0 Å². The van der Waals surface area contributed by atoms with Crippen LogP contribution in [-0.4, -0.2) is 55.6 Å². The molecule has 2 fully saturated rings. The van der Waals surface area contributed by atoms with Crippen LogP contribution in [0.25, 0.3) is 11.7 Å². The summed E-state index contributed by atoms with van der Waals surface area (Å²) in [7, 11) is 0. The number of amides is 1. The number of thiocarbonyl (C=S) groups is 1. The number of fused-ring (bicyclic) bond motifs is 1. The van der Waals surface area contributed by atoms with Gasteiger partial charge in [-0.1, -0.05) is 90.7 Å². The highest BCUT2D eigenvalue weighted by Gasteiger charge is 2.36. The molecule has 0 bridgehead atoms. The molecule has 6 rings (SSSR count). The standard InChI is InChI=1S/C31H29N5O2S2/c1-22(24-12-6-3-7-13-24)36-30(38)26(40-31(36)39)20-25-28(32-27-14-8-9-15-35(27)29(25)37)34-18-16-33(17-19-34)21-23-10-4-2-5-11-23/h2-15,20,22H,16-19,21H2,1H3/b26-20-/t22-/m1/s1. The predicted octanol–water partition coefficient (Wildman–Crippen LogP) is 4.98. The molecule has 4 aromatic rings. The van der Waals surface area contributed by atoms with Crippen LogP contribution in [0.15, 0.2) is 94.8 Å². The topological polar surface area (TPSA) is 61.2 Å². The maximum atomic E-state index is 13.8. The third kappa shape index (κ3) is 5.20. The van der Waals surface area contributed by atoms with Crippen LogP contribution in [0.3, 0.4) is 0 Å². The highest BCUT2D eigenvalue weighted by Crippen LogP contribution is 2.38. The summed E-state index contributed by atoms with van der Waals surface area (Å²) >= 11 is 6.87. The van der Waals surface area contributed by atoms with Crippen LogP contribution >= 0.6 is 24.0 Å². The molecule has 0 radical (unpaired) electrons. The first kappa shape index (κ1) is 26.4. The molecule has 2 aliphatic heterocycles. The first-order chi connectivity index (χ1) is 19.5. The van der Waals surface area contributed by atoms with E-state index in [1.807, 2.05) is 61.5 Å². The summed E-state index contributed by atoms with van der Waals surface area (Å²) in [5.74, 6) is 0.416. The molecule has 4 heterocycles. The van der Waals surface area contributed by atoms with E-state index in [1.165, 1.54) is 21.7 Å². The van der Waals surface area contributed by atoms with E-state index in [1.54, 1.807) is 17.2 Å². The lowest BCUT2D eigenvalue weighted by molar-refractivity contribution is -0.123. The lowest BCUT2D eigenvalue weighted by atomic mass is 10.1. The number of pyridine rings is 1. The number of piperazine rings is 1. The van der Waals surface area contributed by atoms with Crippen molar-refractivity contribution in [3.05, 3.63) is 117 Å². The summed E-state index contributed by atoms with van der Waals surface area (Å²) in [4.78, 5) is 39.0. The quantitative estimate of drug-likeness (QED) is 0.241. The van der Waals surface area contributed by atoms with Gasteiger partial charge in [-0.2, -0.15) is 0 Å². The Bertz CT molecular complexity index is 1650. The van der Waals surface area contributed by atoms with Gasteiger partial charge in [-0.3, -0.25) is 23.8 Å². The van der Waals surface area contributed by atoms with E-state index in [0.717, 1.165) is 38.3 Å². The molecule has 0 saturated carbocycles. The number of carbonyl (C=O) groups is 1. The van der Waals surface area contributed by atoms with E-state index < -0.39 is 0 Å². The Hall–Kier alpha value is -3.79. The van der Waals surface area contributed by atoms with E-state index in [4.69, 9.17) is 17.2 Å². The summed E-state index contributed by atoms with van der Waals surface area (Å²) in [5.41, 5.74) is 3.07. The summed E-state index contributed by atoms with van der Waals surface area (Å²) in [6, 6.07) is 25.6. The van der Waals surface area contributed by atoms with Crippen molar-refractivity contribution in [2.75, 3.05) is 31.1 Å². The number of nitrogens with zero attached hydrogens (tertiary/aromatic N) is 5. The number of hydrogen-bond donors (Lipinski definition) is 0. The molecular weight excluding hydrogens is 539 g/mol. The van der Waals surface area contributed by atoms with Crippen LogP contribution in [0.1, 0.15) is 29.7 Å². The van der Waals surface area contributed by atoms with Crippen LogP contribution in [0, 0.1) is 0 Å². The number of aromatic nitrogens is 2. The molecule has 0 unspecified atom stereocenters. The van der Waals surface area contributed by atoms with E-state index in [9.17, 15) is 9.59 Å². The maximum absolute atomic E-state index is 13.8. The Morgan fingerprint density at radius 2 is 1.60 bits per heavy atom. The number of carbonyl (C=O) groups excluding carboxylic acids is 1. The largest absolute Gasteiger partial charge is 0.353 e. The Kier molecular flexibility index (Phi) is 7.51. The average molecular weight is 568 g/mol. The van der Waals surface area contributed by atoms with E-state index in [-0.39, 0.29) is 17.5 Å². The molecule has 40 heavy (non-hydrogen) atoms. The number of hydrogen-bond acceptors (Lipinski definition) is 7. The van der Waals surface area contributed by atoms with Crippen LogP contribution < -0.4 is 10.5 Å². The van der Waals surface area contributed by atoms with Crippen molar-refractivity contribution in [1.29, 1.82) is 0 Å². The van der Waals surface area contributed by atoms with Gasteiger partial charge >= 0.3 is 0 Å². The smallest absolute Gasteiger partial charge is 0.267 e. The normalized spacial score (nSPS) is 18.2. The van der Waals surface area contributed by atoms with Crippen molar-refractivity contribution in [3.63, 3.8) is 0 Å². The van der Waals surface area contributed by atoms with Crippen molar-refractivity contribution >= 4 is 51.7 Å². The van der Waals surface area contributed by atoms with Gasteiger partial charge in [-0.25, -0.2) is 4.98 Å². The van der Waals surface area contributed by atoms with Gasteiger partial charge in [0.15, 0.2) is 0 Å². The number of rotatable bonds is 6. The highest BCUT2D eigenvalue weighted by atomic mass is 32.2. The van der Waals surface area contributed by atoms with Gasteiger partial charge in [0.05, 0.1) is 16.5 Å². The molecule has 2 aliphatic rings. The predicted molar refractivity (Wildman–Crippen MR) is 165 cm³/mol. The van der Waals surface area contributed by atoms with Crippen LogP contribution in [0.2, 0.25) is 0 Å². The molecule has 2 saturated heterocycles. The summed E-state index contributed by atoms with van der Waals surface area (Å²) in [5, 5.41) is 0. The van der Waals surface area contributed by atoms with Gasteiger partial charge < -0.3 is 4.90 Å². The fraction of sp³-hybridized carbons (Fsp3) is 0.226. The Morgan fingerprint density at radius 1 is 0.925 bits per heavy atom. The fourth-order valence-corrected chi connectivity index (χ4v) is 6.64. The molecule has 9 heteroatoms. The van der Waals surface area contributed by atoms with Crippen LogP contribution in [0.4, 0.5) is 5.82 Å². The van der Waals surface area contributed by atoms with Gasteiger partial charge in [0, 0.05) is 38.9 Å². The molecule has 0 aliphatic carbocycles. The number of benzene rings is 2. The Labute approximate surface area is 242 Å². The van der Waals surface area contributed by atoms with Gasteiger partial charge in [0.2, 0.25) is 0 Å². The molecule has 0 spiro atoms. The lowest BCUT2D eigenvalue weighted by Crippen LogP contribution is -2.47. The van der Waals surface area contributed by atoms with Crippen molar-refractivity contribution in [1.82, 2.24) is 19.2 Å². The molecule has 7 nitrogen and oxygen atoms in total. The second-order valence-electron chi connectivity index (χ2n) is 9.97. The van der Waals surface area contributed by atoms with Gasteiger partial charge in [0.25, 0.3) is 11.5 Å². The SMILES string of the molecule is C[C@H](c1ccccc1)N1C(=O)/C(=C/c2c(N3CCN(Cc4ccccc4)CC3)nc3ccccn3c2=O)SC1=S. The second kappa shape index (κ2) is 11.4. The third-order valence-corrected chi connectivity index (χ3v) is 8.77. The van der Waals surface area contributed by atoms with Crippen LogP contribution in [-0.2, 0) is 11.3 Å². The molecule has 2 aromatic carbocycles. The van der Waals surface area contributed by atoms with E-state index in [0.29, 0.717) is 26.3 Å². The minimum absolute atomic E-state index is 0.192. The third-order valence-electron chi connectivity index (χ3n) is 7.44. The van der Waals surface area contributed by atoms with Gasteiger partial charge in [-0.15, -0.1) is 0 Å². The molecule has 0 N–H and O–H groups in total. The summed E-state index contributed by atoms with van der Waals surface area (Å²) in [6.07, 6.45) is 3.41. The van der Waals surface area contributed by atoms with E-state index >= 15 is 0 Å². The Balaban J connectivity index is 1.32. The minimum atomic E-state index is -0.215. The first-order valence-corrected chi connectivity index (χ1v) is 14.6. The molecule has 1 amide bonds. The first-order valence-electron chi connectivity index (χ1n) is 13.3. The van der Waals surface area contributed by atoms with Crippen molar-refractivity contribution in [2.45, 2.75) is 19.5 Å². The highest BCUT2D eigenvalue weighted by molar-refractivity contribution is 8.26. The monoisotopic (exact) mass is 567 g/mol. The zero-order valence-electron chi connectivity index (χ0n) is 22.1.